The molecule has 4 rings (SSSR count). The lowest BCUT2D eigenvalue weighted by atomic mass is 9.90. The molecule has 0 fully saturated rings. The first-order valence-corrected chi connectivity index (χ1v) is 9.12. The molecule has 27 heavy (non-hydrogen) atoms. The van der Waals surface area contributed by atoms with Gasteiger partial charge < -0.3 is 5.32 Å². The van der Waals surface area contributed by atoms with Gasteiger partial charge in [0.1, 0.15) is 0 Å². The van der Waals surface area contributed by atoms with Crippen LogP contribution in [0.25, 0.3) is 10.8 Å². The van der Waals surface area contributed by atoms with E-state index in [1.54, 1.807) is 0 Å². The summed E-state index contributed by atoms with van der Waals surface area (Å²) < 4.78 is 0. The van der Waals surface area contributed by atoms with Gasteiger partial charge in [0.2, 0.25) is 5.91 Å². The number of rotatable bonds is 4. The Morgan fingerprint density at radius 3 is 2.07 bits per heavy atom. The number of hydrogen-bond donors (Lipinski definition) is 1. The summed E-state index contributed by atoms with van der Waals surface area (Å²) >= 11 is 0. The number of carbonyl (C=O) groups excluding carboxylic acids is 1. The minimum atomic E-state index is -0.349. The smallest absolute Gasteiger partial charge is 0.236 e. The summed E-state index contributed by atoms with van der Waals surface area (Å²) in [5.41, 5.74) is 3.97. The quantitative estimate of drug-likeness (QED) is 0.486. The van der Waals surface area contributed by atoms with E-state index in [0.29, 0.717) is 0 Å². The summed E-state index contributed by atoms with van der Waals surface area (Å²) in [6, 6.07) is 32.3. The average molecular weight is 351 g/mol. The number of carbonyl (C=O) groups is 1. The Labute approximate surface area is 159 Å². The Hall–Kier alpha value is -3.39. The highest BCUT2D eigenvalue weighted by molar-refractivity contribution is 5.99. The number of benzene rings is 4. The third-order valence-corrected chi connectivity index (χ3v) is 4.82. The van der Waals surface area contributed by atoms with E-state index in [9.17, 15) is 4.79 Å². The predicted octanol–water partition coefficient (Wildman–Crippen LogP) is 5.92. The zero-order valence-corrected chi connectivity index (χ0v) is 15.2. The Balaban J connectivity index is 1.68. The van der Waals surface area contributed by atoms with Crippen molar-refractivity contribution in [3.05, 3.63) is 114 Å². The maximum atomic E-state index is 13.2. The molecule has 0 spiro atoms. The molecule has 4 aromatic rings. The number of anilines is 1. The highest BCUT2D eigenvalue weighted by atomic mass is 16.1. The van der Waals surface area contributed by atoms with Gasteiger partial charge in [0.25, 0.3) is 0 Å². The molecule has 0 aliphatic carbocycles. The van der Waals surface area contributed by atoms with E-state index in [1.807, 2.05) is 72.8 Å². The third-order valence-electron chi connectivity index (χ3n) is 4.82. The summed E-state index contributed by atoms with van der Waals surface area (Å²) in [6.45, 7) is 2.05. The SMILES string of the molecule is Cc1ccc(C(C(=O)Nc2ccc3ccccc3c2)c2ccccc2)cc1. The van der Waals surface area contributed by atoms with Crippen LogP contribution in [-0.4, -0.2) is 5.91 Å². The van der Waals surface area contributed by atoms with E-state index in [2.05, 4.69) is 36.5 Å². The molecule has 132 valence electrons. The Morgan fingerprint density at radius 1 is 0.704 bits per heavy atom. The van der Waals surface area contributed by atoms with Gasteiger partial charge in [-0.1, -0.05) is 90.5 Å². The van der Waals surface area contributed by atoms with Crippen LogP contribution in [0.5, 0.6) is 0 Å². The second-order valence-electron chi connectivity index (χ2n) is 6.81. The van der Waals surface area contributed by atoms with Gasteiger partial charge in [0.05, 0.1) is 5.92 Å². The van der Waals surface area contributed by atoms with E-state index in [0.717, 1.165) is 27.6 Å². The third kappa shape index (κ3) is 3.75. The molecule has 0 saturated heterocycles. The Bertz CT molecular complexity index is 1070. The molecule has 1 N–H and O–H groups in total. The highest BCUT2D eigenvalue weighted by Gasteiger charge is 2.22. The minimum Gasteiger partial charge on any atom is -0.325 e. The van der Waals surface area contributed by atoms with Gasteiger partial charge in [-0.05, 0) is 41.0 Å². The topological polar surface area (TPSA) is 29.1 Å². The van der Waals surface area contributed by atoms with Crippen molar-refractivity contribution in [1.82, 2.24) is 0 Å². The van der Waals surface area contributed by atoms with E-state index >= 15 is 0 Å². The number of fused-ring (bicyclic) bond motifs is 1. The summed E-state index contributed by atoms with van der Waals surface area (Å²) in [4.78, 5) is 13.2. The summed E-state index contributed by atoms with van der Waals surface area (Å²) in [7, 11) is 0. The minimum absolute atomic E-state index is 0.0275. The standard InChI is InChI=1S/C25H21NO/c1-18-11-13-21(14-12-18)24(20-8-3-2-4-9-20)25(27)26-23-16-15-19-7-5-6-10-22(19)17-23/h2-17,24H,1H3,(H,26,27). The normalized spacial score (nSPS) is 11.9. The maximum Gasteiger partial charge on any atom is 0.236 e. The maximum absolute atomic E-state index is 13.2. The molecule has 0 aromatic heterocycles. The van der Waals surface area contributed by atoms with Crippen LogP contribution in [0.15, 0.2) is 97.1 Å². The van der Waals surface area contributed by atoms with Gasteiger partial charge in [-0.3, -0.25) is 4.79 Å². The number of amides is 1. The molecule has 0 aliphatic rings. The zero-order valence-electron chi connectivity index (χ0n) is 15.2. The van der Waals surface area contributed by atoms with Crippen LogP contribution < -0.4 is 5.32 Å². The van der Waals surface area contributed by atoms with Crippen molar-refractivity contribution in [2.24, 2.45) is 0 Å². The van der Waals surface area contributed by atoms with Crippen LogP contribution in [-0.2, 0) is 4.79 Å². The van der Waals surface area contributed by atoms with Gasteiger partial charge in [0, 0.05) is 5.69 Å². The first-order chi connectivity index (χ1) is 13.2. The van der Waals surface area contributed by atoms with Crippen LogP contribution >= 0.6 is 0 Å². The van der Waals surface area contributed by atoms with Gasteiger partial charge >= 0.3 is 0 Å². The fraction of sp³-hybridized carbons (Fsp3) is 0.0800. The van der Waals surface area contributed by atoms with E-state index < -0.39 is 0 Å². The number of hydrogen-bond acceptors (Lipinski definition) is 1. The molecule has 2 nitrogen and oxygen atoms in total. The molecule has 0 aliphatic heterocycles. The van der Waals surface area contributed by atoms with Gasteiger partial charge in [0.15, 0.2) is 0 Å². The second kappa shape index (κ2) is 7.46. The van der Waals surface area contributed by atoms with Crippen molar-refractivity contribution in [3.8, 4) is 0 Å². The molecule has 0 radical (unpaired) electrons. The Morgan fingerprint density at radius 2 is 1.33 bits per heavy atom. The lowest BCUT2D eigenvalue weighted by molar-refractivity contribution is -0.116. The summed E-state index contributed by atoms with van der Waals surface area (Å²) in [6.07, 6.45) is 0. The molecule has 0 saturated carbocycles. The van der Waals surface area contributed by atoms with Crippen LogP contribution in [0.4, 0.5) is 5.69 Å². The molecular formula is C25H21NO. The van der Waals surface area contributed by atoms with Gasteiger partial charge in [-0.15, -0.1) is 0 Å². The van der Waals surface area contributed by atoms with Crippen LogP contribution in [0, 0.1) is 6.92 Å². The fourth-order valence-electron chi connectivity index (χ4n) is 3.38. The van der Waals surface area contributed by atoms with Crippen LogP contribution in [0.1, 0.15) is 22.6 Å². The van der Waals surface area contributed by atoms with Gasteiger partial charge in [-0.2, -0.15) is 0 Å². The van der Waals surface area contributed by atoms with Gasteiger partial charge in [-0.25, -0.2) is 0 Å². The monoisotopic (exact) mass is 351 g/mol. The van der Waals surface area contributed by atoms with Crippen molar-refractivity contribution >= 4 is 22.4 Å². The van der Waals surface area contributed by atoms with Crippen molar-refractivity contribution in [1.29, 1.82) is 0 Å². The summed E-state index contributed by atoms with van der Waals surface area (Å²) in [5.74, 6) is -0.376. The van der Waals surface area contributed by atoms with E-state index in [1.165, 1.54) is 5.56 Å². The van der Waals surface area contributed by atoms with Crippen molar-refractivity contribution in [2.75, 3.05) is 5.32 Å². The lowest BCUT2D eigenvalue weighted by Crippen LogP contribution is -2.22. The molecule has 2 heteroatoms. The molecule has 0 heterocycles. The van der Waals surface area contributed by atoms with Crippen LogP contribution in [0.2, 0.25) is 0 Å². The highest BCUT2D eigenvalue weighted by Crippen LogP contribution is 2.27. The molecule has 1 amide bonds. The van der Waals surface area contributed by atoms with Crippen molar-refractivity contribution in [2.45, 2.75) is 12.8 Å². The van der Waals surface area contributed by atoms with E-state index in [-0.39, 0.29) is 11.8 Å². The van der Waals surface area contributed by atoms with E-state index in [4.69, 9.17) is 0 Å². The number of nitrogens with one attached hydrogen (secondary N) is 1. The van der Waals surface area contributed by atoms with Crippen molar-refractivity contribution < 1.29 is 4.79 Å². The molecular weight excluding hydrogens is 330 g/mol. The first kappa shape index (κ1) is 17.0. The molecule has 0 bridgehead atoms. The summed E-state index contributed by atoms with van der Waals surface area (Å²) in [5, 5.41) is 5.38. The average Bonchev–Trinajstić information content (AvgIpc) is 2.70. The number of aryl methyl sites for hydroxylation is 1. The van der Waals surface area contributed by atoms with Crippen LogP contribution in [0.3, 0.4) is 0 Å². The predicted molar refractivity (Wildman–Crippen MR) is 112 cm³/mol. The Kier molecular flexibility index (Phi) is 4.71. The fourth-order valence-corrected chi connectivity index (χ4v) is 3.38. The first-order valence-electron chi connectivity index (χ1n) is 9.12. The van der Waals surface area contributed by atoms with Crippen molar-refractivity contribution in [3.63, 3.8) is 0 Å². The molecule has 1 atom stereocenters. The zero-order chi connectivity index (χ0) is 18.6. The second-order valence-corrected chi connectivity index (χ2v) is 6.81. The largest absolute Gasteiger partial charge is 0.325 e. The lowest BCUT2D eigenvalue weighted by Gasteiger charge is -2.18. The molecule has 4 aromatic carbocycles. The molecule has 1 unspecified atom stereocenters.